The summed E-state index contributed by atoms with van der Waals surface area (Å²) in [6.45, 7) is 2.43. The number of rotatable bonds is 5. The van der Waals surface area contributed by atoms with Crippen LogP contribution in [0.1, 0.15) is 17.3 Å². The second-order valence-electron chi connectivity index (χ2n) is 4.10. The summed E-state index contributed by atoms with van der Waals surface area (Å²) in [5.74, 6) is 0.489. The molecule has 0 aromatic heterocycles. The first kappa shape index (κ1) is 14.5. The number of nitrogens with zero attached hydrogens (tertiary/aromatic N) is 1. The van der Waals surface area contributed by atoms with E-state index < -0.39 is 10.9 Å². The molecule has 0 fully saturated rings. The predicted octanol–water partition coefficient (Wildman–Crippen LogP) is 3.21. The van der Waals surface area contributed by atoms with Gasteiger partial charge in [0.05, 0.1) is 17.1 Å². The number of non-ortho nitro benzene ring substituents is 1. The molecule has 0 radical (unpaired) electrons. The third-order valence-electron chi connectivity index (χ3n) is 2.66. The standard InChI is InChI=1S/C15H13NO5/c1-2-20-13-7-9-14(10-8-13)21-15(17)11-3-5-12(6-4-11)16(18)19/h3-10H,2H2,1H3. The molecule has 2 rings (SSSR count). The van der Waals surface area contributed by atoms with Gasteiger partial charge in [-0.25, -0.2) is 4.79 Å². The largest absolute Gasteiger partial charge is 0.494 e. The van der Waals surface area contributed by atoms with Crippen molar-refractivity contribution in [3.8, 4) is 11.5 Å². The van der Waals surface area contributed by atoms with Gasteiger partial charge in [0.2, 0.25) is 0 Å². The number of esters is 1. The number of hydrogen-bond donors (Lipinski definition) is 0. The van der Waals surface area contributed by atoms with Gasteiger partial charge in [-0.3, -0.25) is 10.1 Å². The van der Waals surface area contributed by atoms with E-state index in [1.165, 1.54) is 24.3 Å². The normalized spacial score (nSPS) is 9.95. The van der Waals surface area contributed by atoms with Gasteiger partial charge in [-0.2, -0.15) is 0 Å². The van der Waals surface area contributed by atoms with Crippen molar-refractivity contribution >= 4 is 11.7 Å². The molecule has 21 heavy (non-hydrogen) atoms. The summed E-state index contributed by atoms with van der Waals surface area (Å²) in [5, 5.41) is 10.5. The first-order valence-corrected chi connectivity index (χ1v) is 6.29. The highest BCUT2D eigenvalue weighted by molar-refractivity contribution is 5.91. The fourth-order valence-electron chi connectivity index (χ4n) is 1.66. The Labute approximate surface area is 121 Å². The minimum atomic E-state index is -0.575. The van der Waals surface area contributed by atoms with Gasteiger partial charge in [0.1, 0.15) is 11.5 Å². The molecular formula is C15H13NO5. The van der Waals surface area contributed by atoms with Crippen LogP contribution < -0.4 is 9.47 Å². The molecule has 0 saturated carbocycles. The summed E-state index contributed by atoms with van der Waals surface area (Å²) in [5.41, 5.74) is 0.169. The van der Waals surface area contributed by atoms with Crippen molar-refractivity contribution < 1.29 is 19.2 Å². The average Bonchev–Trinajstić information content (AvgIpc) is 2.49. The quantitative estimate of drug-likeness (QED) is 0.365. The lowest BCUT2D eigenvalue weighted by atomic mass is 10.2. The lowest BCUT2D eigenvalue weighted by Gasteiger charge is -2.06. The van der Waals surface area contributed by atoms with Crippen LogP contribution in [0.25, 0.3) is 0 Å². The zero-order valence-electron chi connectivity index (χ0n) is 11.3. The molecule has 0 aliphatic heterocycles. The smallest absolute Gasteiger partial charge is 0.343 e. The van der Waals surface area contributed by atoms with E-state index in [1.54, 1.807) is 24.3 Å². The minimum absolute atomic E-state index is 0.0763. The van der Waals surface area contributed by atoms with E-state index in [-0.39, 0.29) is 11.3 Å². The molecule has 0 saturated heterocycles. The molecular weight excluding hydrogens is 274 g/mol. The second-order valence-corrected chi connectivity index (χ2v) is 4.10. The van der Waals surface area contributed by atoms with Gasteiger partial charge in [-0.1, -0.05) is 0 Å². The van der Waals surface area contributed by atoms with Crippen molar-refractivity contribution in [2.45, 2.75) is 6.92 Å². The van der Waals surface area contributed by atoms with E-state index >= 15 is 0 Å². The van der Waals surface area contributed by atoms with E-state index in [0.29, 0.717) is 18.1 Å². The van der Waals surface area contributed by atoms with Crippen molar-refractivity contribution in [1.82, 2.24) is 0 Å². The molecule has 0 aliphatic rings. The van der Waals surface area contributed by atoms with Crippen LogP contribution in [0.3, 0.4) is 0 Å². The fourth-order valence-corrected chi connectivity index (χ4v) is 1.66. The number of hydrogen-bond acceptors (Lipinski definition) is 5. The Morgan fingerprint density at radius 3 is 2.14 bits per heavy atom. The molecule has 0 amide bonds. The monoisotopic (exact) mass is 287 g/mol. The highest BCUT2D eigenvalue weighted by Crippen LogP contribution is 2.19. The minimum Gasteiger partial charge on any atom is -0.494 e. The molecule has 0 bridgehead atoms. The van der Waals surface area contributed by atoms with E-state index in [2.05, 4.69) is 0 Å². The highest BCUT2D eigenvalue weighted by Gasteiger charge is 2.11. The lowest BCUT2D eigenvalue weighted by Crippen LogP contribution is -2.08. The van der Waals surface area contributed by atoms with Crippen LogP contribution in [-0.2, 0) is 0 Å². The SMILES string of the molecule is CCOc1ccc(OC(=O)c2ccc([N+](=O)[O-])cc2)cc1. The van der Waals surface area contributed by atoms with Gasteiger partial charge < -0.3 is 9.47 Å². The van der Waals surface area contributed by atoms with Crippen LogP contribution in [-0.4, -0.2) is 17.5 Å². The predicted molar refractivity (Wildman–Crippen MR) is 75.7 cm³/mol. The first-order valence-electron chi connectivity index (χ1n) is 6.29. The van der Waals surface area contributed by atoms with Crippen LogP contribution in [0.15, 0.2) is 48.5 Å². The van der Waals surface area contributed by atoms with E-state index in [0.717, 1.165) is 0 Å². The van der Waals surface area contributed by atoms with Crippen molar-refractivity contribution in [2.75, 3.05) is 6.61 Å². The van der Waals surface area contributed by atoms with Crippen LogP contribution in [0.4, 0.5) is 5.69 Å². The Kier molecular flexibility index (Phi) is 4.50. The number of carbonyl (C=O) groups excluding carboxylic acids is 1. The molecule has 0 atom stereocenters. The Hall–Kier alpha value is -2.89. The topological polar surface area (TPSA) is 78.7 Å². The summed E-state index contributed by atoms with van der Waals surface area (Å²) >= 11 is 0. The van der Waals surface area contributed by atoms with Crippen molar-refractivity contribution in [3.63, 3.8) is 0 Å². The van der Waals surface area contributed by atoms with Gasteiger partial charge in [0, 0.05) is 12.1 Å². The third-order valence-corrected chi connectivity index (χ3v) is 2.66. The van der Waals surface area contributed by atoms with Crippen LogP contribution in [0, 0.1) is 10.1 Å². The molecule has 108 valence electrons. The number of ether oxygens (including phenoxy) is 2. The number of carbonyl (C=O) groups is 1. The maximum absolute atomic E-state index is 11.9. The Morgan fingerprint density at radius 1 is 1.05 bits per heavy atom. The van der Waals surface area contributed by atoms with Crippen LogP contribution >= 0.6 is 0 Å². The van der Waals surface area contributed by atoms with Gasteiger partial charge in [-0.15, -0.1) is 0 Å². The van der Waals surface area contributed by atoms with Crippen LogP contribution in [0.2, 0.25) is 0 Å². The number of nitro groups is 1. The Morgan fingerprint density at radius 2 is 1.62 bits per heavy atom. The zero-order chi connectivity index (χ0) is 15.2. The number of nitro benzene ring substituents is 1. The summed E-state index contributed by atoms with van der Waals surface area (Å²) in [6, 6.07) is 11.9. The Bertz CT molecular complexity index is 634. The molecule has 2 aromatic carbocycles. The third kappa shape index (κ3) is 3.79. The van der Waals surface area contributed by atoms with Gasteiger partial charge in [0.25, 0.3) is 5.69 Å². The highest BCUT2D eigenvalue weighted by atomic mass is 16.6. The summed E-state index contributed by atoms with van der Waals surface area (Å²) in [7, 11) is 0. The summed E-state index contributed by atoms with van der Waals surface area (Å²) < 4.78 is 10.5. The molecule has 6 heteroatoms. The number of benzene rings is 2. The first-order chi connectivity index (χ1) is 10.1. The average molecular weight is 287 g/mol. The second kappa shape index (κ2) is 6.51. The van der Waals surface area contributed by atoms with E-state index in [1.807, 2.05) is 6.92 Å². The van der Waals surface area contributed by atoms with Crippen LogP contribution in [0.5, 0.6) is 11.5 Å². The fraction of sp³-hybridized carbons (Fsp3) is 0.133. The Balaban J connectivity index is 2.05. The molecule has 0 spiro atoms. The summed E-state index contributed by atoms with van der Waals surface area (Å²) in [4.78, 5) is 21.9. The van der Waals surface area contributed by atoms with Crippen molar-refractivity contribution in [1.29, 1.82) is 0 Å². The van der Waals surface area contributed by atoms with Crippen molar-refractivity contribution in [2.24, 2.45) is 0 Å². The van der Waals surface area contributed by atoms with Gasteiger partial charge >= 0.3 is 5.97 Å². The molecule has 0 heterocycles. The van der Waals surface area contributed by atoms with Crippen molar-refractivity contribution in [3.05, 3.63) is 64.2 Å². The summed E-state index contributed by atoms with van der Waals surface area (Å²) in [6.07, 6.45) is 0. The zero-order valence-corrected chi connectivity index (χ0v) is 11.3. The van der Waals surface area contributed by atoms with Gasteiger partial charge in [-0.05, 0) is 43.3 Å². The van der Waals surface area contributed by atoms with E-state index in [4.69, 9.17) is 9.47 Å². The lowest BCUT2D eigenvalue weighted by molar-refractivity contribution is -0.384. The molecule has 2 aromatic rings. The molecule has 0 N–H and O–H groups in total. The molecule has 0 aliphatic carbocycles. The maximum Gasteiger partial charge on any atom is 0.343 e. The van der Waals surface area contributed by atoms with E-state index in [9.17, 15) is 14.9 Å². The van der Waals surface area contributed by atoms with Gasteiger partial charge in [0.15, 0.2) is 0 Å². The maximum atomic E-state index is 11.9. The molecule has 0 unspecified atom stereocenters. The molecule has 6 nitrogen and oxygen atoms in total.